The first-order valence-corrected chi connectivity index (χ1v) is 14.9. The summed E-state index contributed by atoms with van der Waals surface area (Å²) in [5, 5.41) is 4.85. The molecule has 0 aliphatic heterocycles. The maximum absolute atomic E-state index is 4.91. The van der Waals surface area contributed by atoms with Gasteiger partial charge in [-0.1, -0.05) is 91.0 Å². The zero-order valence-corrected chi connectivity index (χ0v) is 24.6. The second-order valence-electron chi connectivity index (χ2n) is 11.1. The number of fused-ring (bicyclic) bond motifs is 3. The molecule has 0 atom stereocenters. The van der Waals surface area contributed by atoms with Crippen molar-refractivity contribution in [2.45, 2.75) is 6.92 Å². The summed E-state index contributed by atoms with van der Waals surface area (Å²) >= 11 is 0. The fourth-order valence-electron chi connectivity index (χ4n) is 5.94. The first-order chi connectivity index (χ1) is 22.2. The Kier molecular flexibility index (Phi) is 6.61. The highest BCUT2D eigenvalue weighted by Gasteiger charge is 2.15. The number of benzene rings is 5. The van der Waals surface area contributed by atoms with Crippen LogP contribution in [-0.2, 0) is 0 Å². The van der Waals surface area contributed by atoms with E-state index in [0.29, 0.717) is 11.6 Å². The largest absolute Gasteiger partial charge is 0.254 e. The first kappa shape index (κ1) is 26.5. The third-order valence-corrected chi connectivity index (χ3v) is 8.12. The van der Waals surface area contributed by atoms with Crippen molar-refractivity contribution >= 4 is 21.5 Å². The smallest absolute Gasteiger partial charge is 0.163 e. The van der Waals surface area contributed by atoms with E-state index in [4.69, 9.17) is 9.97 Å². The minimum absolute atomic E-state index is 0.616. The molecule has 0 N–H and O–H groups in total. The summed E-state index contributed by atoms with van der Waals surface area (Å²) in [6.07, 6.45) is 3.51. The minimum atomic E-state index is 0.616. The van der Waals surface area contributed by atoms with E-state index in [9.17, 15) is 0 Å². The van der Waals surface area contributed by atoms with Crippen LogP contribution in [0.4, 0.5) is 0 Å². The molecule has 0 aliphatic carbocycles. The van der Waals surface area contributed by atoms with Crippen LogP contribution in [0.15, 0.2) is 146 Å². The number of nitrogens with zero attached hydrogens (tertiary/aromatic N) is 5. The van der Waals surface area contributed by atoms with E-state index in [2.05, 4.69) is 93.8 Å². The zero-order valence-electron chi connectivity index (χ0n) is 24.6. The van der Waals surface area contributed by atoms with E-state index in [1.165, 1.54) is 21.5 Å². The van der Waals surface area contributed by atoms with E-state index < -0.39 is 0 Å². The van der Waals surface area contributed by atoms with Crippen LogP contribution in [0, 0.1) is 6.92 Å². The van der Waals surface area contributed by atoms with Crippen LogP contribution in [-0.4, -0.2) is 24.9 Å². The Morgan fingerprint density at radius 1 is 0.422 bits per heavy atom. The molecule has 0 amide bonds. The van der Waals surface area contributed by atoms with Gasteiger partial charge in [0.2, 0.25) is 0 Å². The maximum Gasteiger partial charge on any atom is 0.163 e. The van der Waals surface area contributed by atoms with Crippen molar-refractivity contribution in [3.63, 3.8) is 0 Å². The van der Waals surface area contributed by atoms with Gasteiger partial charge in [-0.15, -0.1) is 0 Å². The highest BCUT2D eigenvalue weighted by Crippen LogP contribution is 2.38. The Bertz CT molecular complexity index is 2330. The molecule has 5 aromatic carbocycles. The molecule has 0 saturated heterocycles. The highest BCUT2D eigenvalue weighted by atomic mass is 15.0. The maximum atomic E-state index is 4.91. The monoisotopic (exact) mass is 577 g/mol. The summed E-state index contributed by atoms with van der Waals surface area (Å²) in [6.45, 7) is 1.99. The van der Waals surface area contributed by atoms with Gasteiger partial charge in [-0.25, -0.2) is 15.0 Å². The number of rotatable bonds is 5. The van der Waals surface area contributed by atoms with Crippen molar-refractivity contribution in [1.29, 1.82) is 0 Å². The lowest BCUT2D eigenvalue weighted by atomic mass is 9.90. The van der Waals surface area contributed by atoms with Crippen LogP contribution in [0.3, 0.4) is 0 Å². The molecule has 3 heterocycles. The summed E-state index contributed by atoms with van der Waals surface area (Å²) in [4.78, 5) is 23.5. The molecule has 0 aliphatic rings. The van der Waals surface area contributed by atoms with Gasteiger partial charge in [-0.05, 0) is 87.6 Å². The minimum Gasteiger partial charge on any atom is -0.254 e. The second kappa shape index (κ2) is 11.2. The van der Waals surface area contributed by atoms with E-state index in [1.807, 2.05) is 67.7 Å². The van der Waals surface area contributed by atoms with E-state index in [0.717, 1.165) is 50.5 Å². The summed E-state index contributed by atoms with van der Waals surface area (Å²) in [5.74, 6) is 1.26. The zero-order chi connectivity index (χ0) is 30.2. The second-order valence-corrected chi connectivity index (χ2v) is 11.1. The molecular formula is C40H27N5. The number of hydrogen-bond acceptors (Lipinski definition) is 5. The average molecular weight is 578 g/mol. The van der Waals surface area contributed by atoms with Crippen molar-refractivity contribution in [2.24, 2.45) is 0 Å². The van der Waals surface area contributed by atoms with Crippen molar-refractivity contribution in [3.8, 4) is 56.4 Å². The molecule has 0 spiro atoms. The lowest BCUT2D eigenvalue weighted by Gasteiger charge is -2.14. The van der Waals surface area contributed by atoms with Crippen molar-refractivity contribution in [3.05, 3.63) is 152 Å². The van der Waals surface area contributed by atoms with Crippen molar-refractivity contribution in [2.75, 3.05) is 0 Å². The molecule has 0 fully saturated rings. The number of hydrogen-bond donors (Lipinski definition) is 0. The molecule has 0 radical (unpaired) electrons. The van der Waals surface area contributed by atoms with Gasteiger partial charge in [-0.2, -0.15) is 0 Å². The molecular weight excluding hydrogens is 550 g/mol. The fourth-order valence-corrected chi connectivity index (χ4v) is 5.94. The van der Waals surface area contributed by atoms with Crippen molar-refractivity contribution in [1.82, 2.24) is 24.9 Å². The molecule has 0 bridgehead atoms. The highest BCUT2D eigenvalue weighted by molar-refractivity contribution is 6.14. The van der Waals surface area contributed by atoms with Crippen LogP contribution < -0.4 is 0 Å². The Morgan fingerprint density at radius 3 is 1.93 bits per heavy atom. The van der Waals surface area contributed by atoms with E-state index >= 15 is 0 Å². The van der Waals surface area contributed by atoms with Gasteiger partial charge >= 0.3 is 0 Å². The third-order valence-electron chi connectivity index (χ3n) is 8.12. The van der Waals surface area contributed by atoms with Gasteiger partial charge in [0.25, 0.3) is 0 Å². The molecule has 0 saturated carbocycles. The number of pyridine rings is 2. The third kappa shape index (κ3) is 5.11. The summed E-state index contributed by atoms with van der Waals surface area (Å²) in [5.41, 5.74) is 8.77. The van der Waals surface area contributed by atoms with Crippen LogP contribution in [0.1, 0.15) is 5.69 Å². The topological polar surface area (TPSA) is 64.5 Å². The predicted octanol–water partition coefficient (Wildman–Crippen LogP) is 9.61. The van der Waals surface area contributed by atoms with Crippen LogP contribution >= 0.6 is 0 Å². The molecule has 8 aromatic rings. The van der Waals surface area contributed by atoms with Gasteiger partial charge in [0.05, 0.1) is 11.4 Å². The fraction of sp³-hybridized carbons (Fsp3) is 0.0250. The molecule has 3 aromatic heterocycles. The molecule has 8 rings (SSSR count). The lowest BCUT2D eigenvalue weighted by molar-refractivity contribution is 1.07. The Morgan fingerprint density at radius 2 is 1.13 bits per heavy atom. The normalized spacial score (nSPS) is 11.2. The van der Waals surface area contributed by atoms with Gasteiger partial charge in [0, 0.05) is 28.6 Å². The van der Waals surface area contributed by atoms with Crippen molar-refractivity contribution < 1.29 is 0 Å². The van der Waals surface area contributed by atoms with E-state index in [1.54, 1.807) is 6.33 Å². The molecule has 45 heavy (non-hydrogen) atoms. The van der Waals surface area contributed by atoms with E-state index in [-0.39, 0.29) is 0 Å². The van der Waals surface area contributed by atoms with Crippen LogP contribution in [0.25, 0.3) is 78.0 Å². The average Bonchev–Trinajstić information content (AvgIpc) is 3.11. The summed E-state index contributed by atoms with van der Waals surface area (Å²) in [6, 6.07) is 46.1. The lowest BCUT2D eigenvalue weighted by Crippen LogP contribution is -1.96. The van der Waals surface area contributed by atoms with Gasteiger partial charge in [-0.3, -0.25) is 9.97 Å². The van der Waals surface area contributed by atoms with Crippen LogP contribution in [0.5, 0.6) is 0 Å². The molecule has 5 heteroatoms. The summed E-state index contributed by atoms with van der Waals surface area (Å²) in [7, 11) is 0. The quantitative estimate of drug-likeness (QED) is 0.191. The molecule has 212 valence electrons. The summed E-state index contributed by atoms with van der Waals surface area (Å²) < 4.78 is 0. The Hall–Kier alpha value is -6.07. The van der Waals surface area contributed by atoms with Crippen LogP contribution in [0.2, 0.25) is 0 Å². The van der Waals surface area contributed by atoms with Gasteiger partial charge < -0.3 is 0 Å². The number of aryl methyl sites for hydroxylation is 1. The predicted molar refractivity (Wildman–Crippen MR) is 182 cm³/mol. The standard InChI is InChI=1S/C40H27N5/c1-26-10-9-17-38(44-26)37-19-18-29(24-41-37)30-20-31(36-23-28-13-5-6-14-33(28)34-15-7-8-16-35(34)36)22-32(21-30)40-43-25-42-39(45-40)27-11-3-2-4-12-27/h2-25H,1H3. The molecule has 5 nitrogen and oxygen atoms in total. The SMILES string of the molecule is Cc1cccc(-c2ccc(-c3cc(-c4ncnc(-c5ccccc5)n4)cc(-c4cc5ccccc5c5ccccc45)c3)cn2)n1. The Balaban J connectivity index is 1.33. The van der Waals surface area contributed by atoms with Gasteiger partial charge in [0.1, 0.15) is 6.33 Å². The molecule has 0 unspecified atom stereocenters. The first-order valence-electron chi connectivity index (χ1n) is 14.9. The van der Waals surface area contributed by atoms with Gasteiger partial charge in [0.15, 0.2) is 11.6 Å². The number of aromatic nitrogens is 5. The Labute approximate surface area is 261 Å².